The summed E-state index contributed by atoms with van der Waals surface area (Å²) in [6.07, 6.45) is 10.2. The van der Waals surface area contributed by atoms with Crippen molar-refractivity contribution in [2.24, 2.45) is 4.99 Å². The van der Waals surface area contributed by atoms with E-state index in [0.29, 0.717) is 31.5 Å². The Kier molecular flexibility index (Phi) is 4.65. The second kappa shape index (κ2) is 7.78. The minimum Gasteiger partial charge on any atom is -0.378 e. The van der Waals surface area contributed by atoms with E-state index in [4.69, 9.17) is 19.7 Å². The molecule has 1 saturated heterocycles. The van der Waals surface area contributed by atoms with E-state index in [9.17, 15) is 0 Å². The molecule has 0 spiro atoms. The van der Waals surface area contributed by atoms with Gasteiger partial charge in [-0.1, -0.05) is 24.3 Å². The summed E-state index contributed by atoms with van der Waals surface area (Å²) in [4.78, 5) is 21.3. The van der Waals surface area contributed by atoms with Crippen molar-refractivity contribution in [1.29, 1.82) is 0 Å². The molecular weight excluding hydrogens is 412 g/mol. The van der Waals surface area contributed by atoms with Gasteiger partial charge >= 0.3 is 0 Å². The monoisotopic (exact) mass is 434 g/mol. The van der Waals surface area contributed by atoms with Gasteiger partial charge in [-0.2, -0.15) is 21.3 Å². The van der Waals surface area contributed by atoms with Crippen molar-refractivity contribution in [2.45, 2.75) is 12.1 Å². The van der Waals surface area contributed by atoms with Gasteiger partial charge in [-0.15, -0.1) is 0 Å². The number of ether oxygens (including phenoxy) is 1. The molecule has 3 aliphatic rings. The lowest BCUT2D eigenvalue weighted by Crippen LogP contribution is -2.37. The van der Waals surface area contributed by atoms with Crippen LogP contribution in [0.5, 0.6) is 0 Å². The highest BCUT2D eigenvalue weighted by molar-refractivity contribution is 7.08. The van der Waals surface area contributed by atoms with Crippen molar-refractivity contribution < 1.29 is 4.74 Å². The highest BCUT2D eigenvalue weighted by atomic mass is 32.1. The molecule has 0 amide bonds. The number of fused-ring (bicyclic) bond motifs is 2. The third-order valence-corrected chi connectivity index (χ3v) is 6.30. The standard InChI is InChI=1S/C21H22N8OS/c1-2-4-16-15(3-1)24-17(25-16)11-22-19-18-20(29(13-23-18)14-5-10-31-12-14)27-21(26-19)28-6-8-30-9-7-28/h1-5,10,12-13,15-16H,6-9,11H2,(H,24,25)(H,22,26,27). The molecule has 3 aromatic rings. The number of allylic oxidation sites excluding steroid dienone is 2. The maximum absolute atomic E-state index is 5.50. The van der Waals surface area contributed by atoms with E-state index in [1.807, 2.05) is 17.0 Å². The van der Waals surface area contributed by atoms with Gasteiger partial charge in [0, 0.05) is 18.5 Å². The molecular formula is C21H22N8OS. The number of anilines is 2. The first-order chi connectivity index (χ1) is 15.3. The first-order valence-electron chi connectivity index (χ1n) is 10.4. The van der Waals surface area contributed by atoms with E-state index in [1.165, 1.54) is 0 Å². The number of imidazole rings is 1. The lowest BCUT2D eigenvalue weighted by molar-refractivity contribution is 0.122. The van der Waals surface area contributed by atoms with Crippen LogP contribution in [0.3, 0.4) is 0 Å². The maximum atomic E-state index is 5.50. The van der Waals surface area contributed by atoms with Gasteiger partial charge in [-0.05, 0) is 11.4 Å². The SMILES string of the molecule is C1=CC2N=C(CNc3nc(N4CCOCC4)nc4c3ncn4-c3ccsc3)NC2C=C1. The highest BCUT2D eigenvalue weighted by Gasteiger charge is 2.26. The lowest BCUT2D eigenvalue weighted by atomic mass is 10.1. The van der Waals surface area contributed by atoms with Crippen LogP contribution < -0.4 is 15.5 Å². The molecule has 6 rings (SSSR count). The Morgan fingerprint density at radius 1 is 1.19 bits per heavy atom. The summed E-state index contributed by atoms with van der Waals surface area (Å²) in [5.74, 6) is 2.32. The Hall–Kier alpha value is -3.24. The number of thiophene rings is 1. The Morgan fingerprint density at radius 3 is 2.94 bits per heavy atom. The molecule has 2 unspecified atom stereocenters. The predicted molar refractivity (Wildman–Crippen MR) is 122 cm³/mol. The summed E-state index contributed by atoms with van der Waals surface area (Å²) < 4.78 is 7.52. The van der Waals surface area contributed by atoms with Gasteiger partial charge in [0.05, 0.1) is 37.5 Å². The number of nitrogens with zero attached hydrogens (tertiary/aromatic N) is 6. The number of morpholine rings is 1. The summed E-state index contributed by atoms with van der Waals surface area (Å²) in [6.45, 7) is 3.45. The number of aromatic nitrogens is 4. The van der Waals surface area contributed by atoms with Gasteiger partial charge < -0.3 is 20.3 Å². The molecule has 2 N–H and O–H groups in total. The Bertz CT molecular complexity index is 1180. The molecule has 1 aliphatic carbocycles. The first-order valence-corrected chi connectivity index (χ1v) is 11.3. The Morgan fingerprint density at radius 2 is 2.10 bits per heavy atom. The topological polar surface area (TPSA) is 92.5 Å². The van der Waals surface area contributed by atoms with Crippen LogP contribution in [0.1, 0.15) is 0 Å². The van der Waals surface area contributed by atoms with Crippen LogP contribution in [0, 0.1) is 0 Å². The van der Waals surface area contributed by atoms with Crippen molar-refractivity contribution in [3.05, 3.63) is 47.5 Å². The first kappa shape index (κ1) is 18.5. The number of rotatable bonds is 5. The van der Waals surface area contributed by atoms with E-state index >= 15 is 0 Å². The number of aliphatic imine (C=N–C) groups is 1. The number of amidine groups is 1. The fourth-order valence-corrected chi connectivity index (χ4v) is 4.65. The van der Waals surface area contributed by atoms with Gasteiger partial charge in [0.1, 0.15) is 12.2 Å². The van der Waals surface area contributed by atoms with Crippen LogP contribution in [-0.4, -0.2) is 70.3 Å². The molecule has 1 fully saturated rings. The lowest BCUT2D eigenvalue weighted by Gasteiger charge is -2.27. The summed E-state index contributed by atoms with van der Waals surface area (Å²) in [7, 11) is 0. The van der Waals surface area contributed by atoms with Crippen LogP contribution >= 0.6 is 11.3 Å². The average molecular weight is 435 g/mol. The maximum Gasteiger partial charge on any atom is 0.229 e. The predicted octanol–water partition coefficient (Wildman–Crippen LogP) is 1.99. The summed E-state index contributed by atoms with van der Waals surface area (Å²) >= 11 is 1.65. The fourth-order valence-electron chi connectivity index (χ4n) is 4.03. The second-order valence-electron chi connectivity index (χ2n) is 7.60. The van der Waals surface area contributed by atoms with Crippen LogP contribution in [0.4, 0.5) is 11.8 Å². The van der Waals surface area contributed by atoms with E-state index in [1.54, 1.807) is 11.3 Å². The summed E-state index contributed by atoms with van der Waals surface area (Å²) in [6, 6.07) is 2.46. The summed E-state index contributed by atoms with van der Waals surface area (Å²) in [5.41, 5.74) is 2.59. The van der Waals surface area contributed by atoms with Gasteiger partial charge in [0.15, 0.2) is 17.0 Å². The Balaban J connectivity index is 1.34. The fraction of sp³-hybridized carbons (Fsp3) is 0.333. The number of nitrogens with one attached hydrogen (secondary N) is 2. The van der Waals surface area contributed by atoms with Crippen molar-refractivity contribution in [2.75, 3.05) is 43.1 Å². The Labute approximate surface area is 183 Å². The second-order valence-corrected chi connectivity index (χ2v) is 8.38. The van der Waals surface area contributed by atoms with Crippen LogP contribution in [0.15, 0.2) is 52.5 Å². The molecule has 2 aliphatic heterocycles. The zero-order valence-corrected chi connectivity index (χ0v) is 17.6. The third kappa shape index (κ3) is 3.47. The molecule has 0 radical (unpaired) electrons. The largest absolute Gasteiger partial charge is 0.378 e. The van der Waals surface area contributed by atoms with E-state index < -0.39 is 0 Å². The minimum absolute atomic E-state index is 0.161. The molecule has 31 heavy (non-hydrogen) atoms. The molecule has 158 valence electrons. The normalized spacial score (nSPS) is 22.5. The smallest absolute Gasteiger partial charge is 0.229 e. The highest BCUT2D eigenvalue weighted by Crippen LogP contribution is 2.26. The molecule has 0 saturated carbocycles. The zero-order chi connectivity index (χ0) is 20.6. The summed E-state index contributed by atoms with van der Waals surface area (Å²) in [5, 5.41) is 11.1. The van der Waals surface area contributed by atoms with Crippen LogP contribution in [0.25, 0.3) is 16.9 Å². The van der Waals surface area contributed by atoms with Gasteiger partial charge in [0.25, 0.3) is 0 Å². The average Bonchev–Trinajstić information content (AvgIpc) is 3.56. The van der Waals surface area contributed by atoms with Crippen LogP contribution in [0.2, 0.25) is 0 Å². The van der Waals surface area contributed by atoms with Gasteiger partial charge in [0.2, 0.25) is 5.95 Å². The molecule has 0 bridgehead atoms. The number of hydrogen-bond donors (Lipinski definition) is 2. The molecule has 0 aromatic carbocycles. The zero-order valence-electron chi connectivity index (χ0n) is 16.8. The van der Waals surface area contributed by atoms with Crippen molar-refractivity contribution in [3.8, 4) is 5.69 Å². The molecule has 2 atom stereocenters. The van der Waals surface area contributed by atoms with Crippen molar-refractivity contribution in [1.82, 2.24) is 24.8 Å². The molecule has 10 heteroatoms. The van der Waals surface area contributed by atoms with Gasteiger partial charge in [-0.25, -0.2) is 4.98 Å². The minimum atomic E-state index is 0.161. The quantitative estimate of drug-likeness (QED) is 0.634. The molecule has 9 nitrogen and oxygen atoms in total. The van der Waals surface area contributed by atoms with E-state index in [0.717, 1.165) is 35.8 Å². The van der Waals surface area contributed by atoms with Gasteiger partial charge in [-0.3, -0.25) is 9.56 Å². The van der Waals surface area contributed by atoms with Crippen molar-refractivity contribution >= 4 is 40.1 Å². The van der Waals surface area contributed by atoms with E-state index in [-0.39, 0.29) is 12.1 Å². The van der Waals surface area contributed by atoms with Crippen molar-refractivity contribution in [3.63, 3.8) is 0 Å². The molecule has 3 aromatic heterocycles. The van der Waals surface area contributed by atoms with E-state index in [2.05, 4.69) is 55.6 Å². The van der Waals surface area contributed by atoms with Crippen LogP contribution in [-0.2, 0) is 4.74 Å². The molecule has 5 heterocycles. The number of hydrogen-bond acceptors (Lipinski definition) is 9. The third-order valence-electron chi connectivity index (χ3n) is 5.63.